The molecule has 4 N–H and O–H groups in total. The molecule has 1 aromatic carbocycles. The maximum absolute atomic E-state index is 11.0. The maximum Gasteiger partial charge on any atom is 0.152 e. The molecule has 0 radical (unpaired) electrons. The zero-order chi connectivity index (χ0) is 10.0. The van der Waals surface area contributed by atoms with Gasteiger partial charge in [0.05, 0.1) is 0 Å². The van der Waals surface area contributed by atoms with Crippen molar-refractivity contribution in [2.75, 3.05) is 11.5 Å². The van der Waals surface area contributed by atoms with Crippen molar-refractivity contribution in [2.24, 2.45) is 0 Å². The maximum atomic E-state index is 11.0. The Kier molecular flexibility index (Phi) is 2.78. The van der Waals surface area contributed by atoms with Crippen molar-refractivity contribution in [3.63, 3.8) is 0 Å². The van der Waals surface area contributed by atoms with Crippen molar-refractivity contribution >= 4 is 28.8 Å². The van der Waals surface area contributed by atoms with Gasteiger partial charge in [0.15, 0.2) is 5.78 Å². The Balaban J connectivity index is 3.20. The first-order valence-corrected chi connectivity index (χ1v) is 4.26. The zero-order valence-corrected chi connectivity index (χ0v) is 8.01. The number of benzene rings is 1. The van der Waals surface area contributed by atoms with Gasteiger partial charge in [-0.25, -0.2) is 0 Å². The summed E-state index contributed by atoms with van der Waals surface area (Å²) in [6.45, 7) is 1.41. The van der Waals surface area contributed by atoms with Crippen LogP contribution in [0.1, 0.15) is 17.9 Å². The molecule has 1 atom stereocenters. The minimum Gasteiger partial charge on any atom is -0.398 e. The molecule has 0 aromatic heterocycles. The molecule has 0 saturated heterocycles. The van der Waals surface area contributed by atoms with Gasteiger partial charge in [0, 0.05) is 16.9 Å². The van der Waals surface area contributed by atoms with Crippen LogP contribution in [-0.4, -0.2) is 5.78 Å². The number of carbonyl (C=O) groups excluding carboxylic acids is 1. The molecule has 0 aliphatic rings. The van der Waals surface area contributed by atoms with Gasteiger partial charge < -0.3 is 11.5 Å². The van der Waals surface area contributed by atoms with Gasteiger partial charge >= 0.3 is 0 Å². The number of nitrogens with two attached hydrogens (primary N) is 2. The van der Waals surface area contributed by atoms with Crippen molar-refractivity contribution in [1.29, 1.82) is 0 Å². The molecule has 70 valence electrons. The molecule has 1 rings (SSSR count). The summed E-state index contributed by atoms with van der Waals surface area (Å²) < 4.78 is 0. The highest BCUT2D eigenvalue weighted by molar-refractivity contribution is 6.31. The summed E-state index contributed by atoms with van der Waals surface area (Å²) in [6.07, 6.45) is 0. The Hall–Kier alpha value is -1.22. The summed E-state index contributed by atoms with van der Waals surface area (Å²) in [7, 11) is 0. The third-order valence-electron chi connectivity index (χ3n) is 1.78. The van der Waals surface area contributed by atoms with Crippen LogP contribution < -0.4 is 11.5 Å². The molecule has 1 aromatic rings. The fraction of sp³-hybridized carbons (Fsp3) is 0.222. The van der Waals surface area contributed by atoms with Gasteiger partial charge in [-0.15, -0.1) is 11.6 Å². The quantitative estimate of drug-likeness (QED) is 0.562. The lowest BCUT2D eigenvalue weighted by Crippen LogP contribution is -2.08. The zero-order valence-electron chi connectivity index (χ0n) is 7.25. The van der Waals surface area contributed by atoms with E-state index in [2.05, 4.69) is 0 Å². The van der Waals surface area contributed by atoms with Gasteiger partial charge in [-0.3, -0.25) is 4.79 Å². The number of rotatable bonds is 2. The van der Waals surface area contributed by atoms with Crippen molar-refractivity contribution in [1.82, 2.24) is 0 Å². The average Bonchev–Trinajstić information content (AvgIpc) is 2.03. The highest BCUT2D eigenvalue weighted by atomic mass is 35.5. The van der Waals surface area contributed by atoms with Crippen molar-refractivity contribution < 1.29 is 4.79 Å². The van der Waals surface area contributed by atoms with Gasteiger partial charge in [-0.05, 0) is 19.1 Å². The number of nitrogen functional groups attached to an aromatic ring is 2. The van der Waals surface area contributed by atoms with Crippen LogP contribution in [0.2, 0.25) is 0 Å². The molecule has 13 heavy (non-hydrogen) atoms. The number of anilines is 2. The molecule has 4 heteroatoms. The second-order valence-corrected chi connectivity index (χ2v) is 3.26. The monoisotopic (exact) mass is 198 g/mol. The van der Waals surface area contributed by atoms with E-state index in [0.29, 0.717) is 16.9 Å². The molecule has 0 saturated carbocycles. The Bertz CT molecular complexity index is 318. The molecule has 0 bridgehead atoms. The summed E-state index contributed by atoms with van der Waals surface area (Å²) in [5.41, 5.74) is 12.7. The van der Waals surface area contributed by atoms with E-state index < -0.39 is 5.38 Å². The molecule has 0 amide bonds. The molecule has 1 unspecified atom stereocenters. The largest absolute Gasteiger partial charge is 0.398 e. The van der Waals surface area contributed by atoms with Crippen LogP contribution in [0.4, 0.5) is 11.4 Å². The van der Waals surface area contributed by atoms with E-state index in [1.165, 1.54) is 6.92 Å². The van der Waals surface area contributed by atoms with Crippen LogP contribution in [0.25, 0.3) is 0 Å². The highest BCUT2D eigenvalue weighted by Crippen LogP contribution is 2.31. The predicted molar refractivity (Wildman–Crippen MR) is 54.5 cm³/mol. The normalized spacial score (nSPS) is 12.5. The SMILES string of the molecule is CC(=O)C(Cl)c1c(N)cccc1N. The molecule has 0 fully saturated rings. The molecular formula is C9H11ClN2O. The average molecular weight is 199 g/mol. The Labute approximate surface area is 81.7 Å². The first kappa shape index (κ1) is 9.86. The lowest BCUT2D eigenvalue weighted by Gasteiger charge is -2.11. The minimum absolute atomic E-state index is 0.161. The van der Waals surface area contributed by atoms with Gasteiger partial charge in [-0.2, -0.15) is 0 Å². The van der Waals surface area contributed by atoms with Crippen LogP contribution in [0, 0.1) is 0 Å². The van der Waals surface area contributed by atoms with Gasteiger partial charge in [0.2, 0.25) is 0 Å². The number of alkyl halides is 1. The van der Waals surface area contributed by atoms with Crippen LogP contribution in [0.15, 0.2) is 18.2 Å². The van der Waals surface area contributed by atoms with Crippen molar-refractivity contribution in [3.8, 4) is 0 Å². The third-order valence-corrected chi connectivity index (χ3v) is 2.31. The van der Waals surface area contributed by atoms with E-state index >= 15 is 0 Å². The molecular weight excluding hydrogens is 188 g/mol. The lowest BCUT2D eigenvalue weighted by molar-refractivity contribution is -0.116. The Morgan fingerprint density at radius 3 is 2.23 bits per heavy atom. The Morgan fingerprint density at radius 1 is 1.38 bits per heavy atom. The molecule has 0 spiro atoms. The topological polar surface area (TPSA) is 69.1 Å². The van der Waals surface area contributed by atoms with Crippen molar-refractivity contribution in [2.45, 2.75) is 12.3 Å². The second kappa shape index (κ2) is 3.66. The fourth-order valence-corrected chi connectivity index (χ4v) is 1.35. The lowest BCUT2D eigenvalue weighted by atomic mass is 10.1. The van der Waals surface area contributed by atoms with Crippen LogP contribution in [-0.2, 0) is 4.79 Å². The summed E-state index contributed by atoms with van der Waals surface area (Å²) >= 11 is 5.84. The van der Waals surface area contributed by atoms with Crippen LogP contribution >= 0.6 is 11.6 Å². The first-order chi connectivity index (χ1) is 6.04. The second-order valence-electron chi connectivity index (χ2n) is 2.82. The Morgan fingerprint density at radius 2 is 1.85 bits per heavy atom. The minimum atomic E-state index is -0.749. The molecule has 0 aliphatic heterocycles. The van der Waals surface area contributed by atoms with E-state index in [4.69, 9.17) is 23.1 Å². The molecule has 0 heterocycles. The predicted octanol–water partition coefficient (Wildman–Crippen LogP) is 1.72. The number of halogens is 1. The number of hydrogen-bond acceptors (Lipinski definition) is 3. The van der Waals surface area contributed by atoms with Crippen molar-refractivity contribution in [3.05, 3.63) is 23.8 Å². The first-order valence-electron chi connectivity index (χ1n) is 3.82. The standard InChI is InChI=1S/C9H11ClN2O/c1-5(13)9(10)8-6(11)3-2-4-7(8)12/h2-4,9H,11-12H2,1H3. The smallest absolute Gasteiger partial charge is 0.152 e. The van der Waals surface area contributed by atoms with E-state index in [0.717, 1.165) is 0 Å². The molecule has 3 nitrogen and oxygen atoms in total. The van der Waals surface area contributed by atoms with E-state index in [-0.39, 0.29) is 5.78 Å². The number of Topliss-reactive ketones (excluding diaryl/α,β-unsaturated/α-hetero) is 1. The van der Waals surface area contributed by atoms with E-state index in [9.17, 15) is 4.79 Å². The van der Waals surface area contributed by atoms with Gasteiger partial charge in [0.1, 0.15) is 5.38 Å². The van der Waals surface area contributed by atoms with Gasteiger partial charge in [0.25, 0.3) is 0 Å². The number of hydrogen-bond donors (Lipinski definition) is 2. The third kappa shape index (κ3) is 1.92. The fourth-order valence-electron chi connectivity index (χ4n) is 1.10. The summed E-state index contributed by atoms with van der Waals surface area (Å²) in [6, 6.07) is 5.06. The van der Waals surface area contributed by atoms with Gasteiger partial charge in [-0.1, -0.05) is 6.07 Å². The van der Waals surface area contributed by atoms with Crippen LogP contribution in [0.5, 0.6) is 0 Å². The summed E-state index contributed by atoms with van der Waals surface area (Å²) in [5.74, 6) is -0.161. The molecule has 0 aliphatic carbocycles. The number of ketones is 1. The number of carbonyl (C=O) groups is 1. The van der Waals surface area contributed by atoms with E-state index in [1.807, 2.05) is 0 Å². The van der Waals surface area contributed by atoms with E-state index in [1.54, 1.807) is 18.2 Å². The van der Waals surface area contributed by atoms with Crippen LogP contribution in [0.3, 0.4) is 0 Å². The summed E-state index contributed by atoms with van der Waals surface area (Å²) in [4.78, 5) is 11.0. The summed E-state index contributed by atoms with van der Waals surface area (Å²) in [5, 5.41) is -0.749. The highest BCUT2D eigenvalue weighted by Gasteiger charge is 2.18.